The molecular formula is C20H23N3O2S. The van der Waals surface area contributed by atoms with Crippen molar-refractivity contribution in [1.29, 1.82) is 0 Å². The summed E-state index contributed by atoms with van der Waals surface area (Å²) < 4.78 is 0. The van der Waals surface area contributed by atoms with Crippen molar-refractivity contribution in [2.75, 3.05) is 13.1 Å². The highest BCUT2D eigenvalue weighted by atomic mass is 32.1. The number of rotatable bonds is 4. The zero-order valence-corrected chi connectivity index (χ0v) is 15.9. The molecule has 0 unspecified atom stereocenters. The standard InChI is InChI=1S/C20H23N3O2S/c1-12-3-5-14(6-4-12)16-9-23(20(25)18-11-26-13(2)21-18)10-17(16)22-19(24)15-7-8-15/h3-6,11,15-17H,7-10H2,1-2H3,(H,22,24)/t16-,17+/m0/s1. The van der Waals surface area contributed by atoms with Crippen molar-refractivity contribution in [2.45, 2.75) is 38.6 Å². The van der Waals surface area contributed by atoms with E-state index in [2.05, 4.69) is 41.5 Å². The van der Waals surface area contributed by atoms with Crippen LogP contribution in [0.3, 0.4) is 0 Å². The Kier molecular flexibility index (Phi) is 4.53. The third kappa shape index (κ3) is 3.51. The summed E-state index contributed by atoms with van der Waals surface area (Å²) >= 11 is 1.49. The topological polar surface area (TPSA) is 62.3 Å². The number of likely N-dealkylation sites (tertiary alicyclic amines) is 1. The third-order valence-corrected chi connectivity index (χ3v) is 6.00. The van der Waals surface area contributed by atoms with E-state index in [0.717, 1.165) is 17.8 Å². The number of carbonyl (C=O) groups excluding carboxylic acids is 2. The fourth-order valence-electron chi connectivity index (χ4n) is 3.54. The average Bonchev–Trinajstić information content (AvgIpc) is 3.27. The quantitative estimate of drug-likeness (QED) is 0.901. The second kappa shape index (κ2) is 6.83. The summed E-state index contributed by atoms with van der Waals surface area (Å²) in [4.78, 5) is 31.3. The SMILES string of the molecule is Cc1ccc([C@@H]2CN(C(=O)c3csc(C)n3)C[C@H]2NC(=O)C2CC2)cc1. The number of thiazole rings is 1. The molecule has 2 fully saturated rings. The predicted octanol–water partition coefficient (Wildman–Crippen LogP) is 2.89. The molecule has 0 radical (unpaired) electrons. The first kappa shape index (κ1) is 17.2. The molecule has 2 heterocycles. The van der Waals surface area contributed by atoms with E-state index in [0.29, 0.717) is 18.8 Å². The second-order valence-corrected chi connectivity index (χ2v) is 8.43. The molecule has 1 N–H and O–H groups in total. The molecule has 2 aromatic rings. The second-order valence-electron chi connectivity index (χ2n) is 7.37. The van der Waals surface area contributed by atoms with Gasteiger partial charge in [-0.3, -0.25) is 9.59 Å². The van der Waals surface area contributed by atoms with Gasteiger partial charge < -0.3 is 10.2 Å². The van der Waals surface area contributed by atoms with Gasteiger partial charge in [-0.05, 0) is 32.3 Å². The van der Waals surface area contributed by atoms with Crippen LogP contribution in [0.4, 0.5) is 0 Å². The van der Waals surface area contributed by atoms with Gasteiger partial charge in [0, 0.05) is 30.3 Å². The van der Waals surface area contributed by atoms with E-state index in [-0.39, 0.29) is 29.7 Å². The van der Waals surface area contributed by atoms with Gasteiger partial charge >= 0.3 is 0 Å². The van der Waals surface area contributed by atoms with Gasteiger partial charge in [-0.2, -0.15) is 0 Å². The molecule has 1 saturated carbocycles. The molecule has 4 rings (SSSR count). The fourth-order valence-corrected chi connectivity index (χ4v) is 4.12. The van der Waals surface area contributed by atoms with Crippen molar-refractivity contribution in [3.05, 3.63) is 51.5 Å². The minimum atomic E-state index is -0.0468. The number of nitrogens with zero attached hydrogens (tertiary/aromatic N) is 2. The number of hydrogen-bond acceptors (Lipinski definition) is 4. The lowest BCUT2D eigenvalue weighted by Crippen LogP contribution is -2.41. The first-order valence-corrected chi connectivity index (χ1v) is 9.97. The first-order chi connectivity index (χ1) is 12.5. The zero-order chi connectivity index (χ0) is 18.3. The van der Waals surface area contributed by atoms with E-state index in [1.54, 1.807) is 0 Å². The van der Waals surface area contributed by atoms with Crippen LogP contribution in [0.25, 0.3) is 0 Å². The van der Waals surface area contributed by atoms with Crippen LogP contribution < -0.4 is 5.32 Å². The number of hydrogen-bond donors (Lipinski definition) is 1. The van der Waals surface area contributed by atoms with Crippen LogP contribution in [0.5, 0.6) is 0 Å². The van der Waals surface area contributed by atoms with E-state index in [1.165, 1.54) is 22.5 Å². The van der Waals surface area contributed by atoms with Gasteiger partial charge in [-0.1, -0.05) is 29.8 Å². The fraction of sp³-hybridized carbons (Fsp3) is 0.450. The van der Waals surface area contributed by atoms with Gasteiger partial charge in [-0.25, -0.2) is 4.98 Å². The Morgan fingerprint density at radius 3 is 2.50 bits per heavy atom. The minimum absolute atomic E-state index is 0.0466. The van der Waals surface area contributed by atoms with Crippen molar-refractivity contribution in [3.8, 4) is 0 Å². The number of carbonyl (C=O) groups is 2. The van der Waals surface area contributed by atoms with Crippen LogP contribution in [0.1, 0.15) is 45.4 Å². The first-order valence-electron chi connectivity index (χ1n) is 9.09. The van der Waals surface area contributed by atoms with E-state index in [9.17, 15) is 9.59 Å². The molecular weight excluding hydrogens is 346 g/mol. The maximum Gasteiger partial charge on any atom is 0.273 e. The van der Waals surface area contributed by atoms with Crippen molar-refractivity contribution in [2.24, 2.45) is 5.92 Å². The molecule has 2 amide bonds. The highest BCUT2D eigenvalue weighted by Gasteiger charge is 2.40. The van der Waals surface area contributed by atoms with E-state index in [1.807, 2.05) is 17.2 Å². The van der Waals surface area contributed by atoms with Crippen molar-refractivity contribution in [3.63, 3.8) is 0 Å². The highest BCUT2D eigenvalue weighted by molar-refractivity contribution is 7.09. The van der Waals surface area contributed by atoms with Gasteiger partial charge in [0.2, 0.25) is 5.91 Å². The molecule has 136 valence electrons. The number of aryl methyl sites for hydroxylation is 2. The highest BCUT2D eigenvalue weighted by Crippen LogP contribution is 2.32. The molecule has 2 atom stereocenters. The van der Waals surface area contributed by atoms with E-state index < -0.39 is 0 Å². The molecule has 0 spiro atoms. The van der Waals surface area contributed by atoms with Gasteiger partial charge in [0.05, 0.1) is 11.0 Å². The number of aromatic nitrogens is 1. The molecule has 5 nitrogen and oxygen atoms in total. The summed E-state index contributed by atoms with van der Waals surface area (Å²) in [6.45, 7) is 5.10. The smallest absolute Gasteiger partial charge is 0.273 e. The van der Waals surface area contributed by atoms with E-state index in [4.69, 9.17) is 0 Å². The Labute approximate surface area is 157 Å². The normalized spacial score (nSPS) is 22.5. The Morgan fingerprint density at radius 2 is 1.88 bits per heavy atom. The monoisotopic (exact) mass is 369 g/mol. The number of amides is 2. The summed E-state index contributed by atoms with van der Waals surface area (Å²) in [6, 6.07) is 8.34. The van der Waals surface area contributed by atoms with Gasteiger partial charge in [0.25, 0.3) is 5.91 Å². The lowest BCUT2D eigenvalue weighted by molar-refractivity contribution is -0.123. The van der Waals surface area contributed by atoms with Crippen molar-refractivity contribution in [1.82, 2.24) is 15.2 Å². The predicted molar refractivity (Wildman–Crippen MR) is 101 cm³/mol. The van der Waals surface area contributed by atoms with Crippen LogP contribution >= 0.6 is 11.3 Å². The van der Waals surface area contributed by atoms with Gasteiger partial charge in [-0.15, -0.1) is 11.3 Å². The average molecular weight is 369 g/mol. The molecule has 2 aliphatic rings. The maximum atomic E-state index is 12.8. The van der Waals surface area contributed by atoms with Crippen LogP contribution in [-0.2, 0) is 4.79 Å². The lowest BCUT2D eigenvalue weighted by Gasteiger charge is -2.20. The summed E-state index contributed by atoms with van der Waals surface area (Å²) in [5.41, 5.74) is 2.88. The van der Waals surface area contributed by atoms with Crippen LogP contribution in [0, 0.1) is 19.8 Å². The van der Waals surface area contributed by atoms with Crippen molar-refractivity contribution < 1.29 is 9.59 Å². The number of nitrogens with one attached hydrogen (secondary N) is 1. The largest absolute Gasteiger partial charge is 0.351 e. The number of benzene rings is 1. The molecule has 1 aromatic carbocycles. The summed E-state index contributed by atoms with van der Waals surface area (Å²) in [5.74, 6) is 0.363. The molecule has 6 heteroatoms. The van der Waals surface area contributed by atoms with Gasteiger partial charge in [0.1, 0.15) is 5.69 Å². The molecule has 1 aliphatic carbocycles. The molecule has 1 saturated heterocycles. The van der Waals surface area contributed by atoms with Crippen LogP contribution in [0.2, 0.25) is 0 Å². The Balaban J connectivity index is 1.55. The molecule has 26 heavy (non-hydrogen) atoms. The van der Waals surface area contributed by atoms with Crippen LogP contribution in [0.15, 0.2) is 29.6 Å². The van der Waals surface area contributed by atoms with Gasteiger partial charge in [0.15, 0.2) is 0 Å². The third-order valence-electron chi connectivity index (χ3n) is 5.23. The Bertz CT molecular complexity index is 826. The Hall–Kier alpha value is -2.21. The summed E-state index contributed by atoms with van der Waals surface area (Å²) in [5, 5.41) is 5.90. The molecule has 0 bridgehead atoms. The maximum absolute atomic E-state index is 12.8. The van der Waals surface area contributed by atoms with Crippen molar-refractivity contribution >= 4 is 23.2 Å². The minimum Gasteiger partial charge on any atom is -0.351 e. The molecule has 1 aliphatic heterocycles. The van der Waals surface area contributed by atoms with Crippen LogP contribution in [-0.4, -0.2) is 40.8 Å². The lowest BCUT2D eigenvalue weighted by atomic mass is 9.93. The Morgan fingerprint density at radius 1 is 1.15 bits per heavy atom. The summed E-state index contributed by atoms with van der Waals surface area (Å²) in [6.07, 6.45) is 1.96. The summed E-state index contributed by atoms with van der Waals surface area (Å²) in [7, 11) is 0. The zero-order valence-electron chi connectivity index (χ0n) is 15.1. The molecule has 1 aromatic heterocycles. The van der Waals surface area contributed by atoms with E-state index >= 15 is 0 Å².